The minimum Gasteiger partial charge on any atom is -0.348 e. The van der Waals surface area contributed by atoms with Crippen molar-refractivity contribution in [2.24, 2.45) is 11.7 Å². The standard InChI is InChI=1S/C13H18N2OS/c1-17-12-5-3-2-4-10(12)13(16)15-11(8-14)9-6-7-9/h2-5,9,11H,6-8,14H2,1H3,(H,15,16). The first kappa shape index (κ1) is 12.5. The Labute approximate surface area is 106 Å². The molecule has 1 aliphatic carbocycles. The van der Waals surface area contributed by atoms with E-state index in [1.54, 1.807) is 11.8 Å². The number of amides is 1. The van der Waals surface area contributed by atoms with E-state index in [0.29, 0.717) is 12.5 Å². The van der Waals surface area contributed by atoms with Gasteiger partial charge in [-0.05, 0) is 37.1 Å². The minimum absolute atomic E-state index is 0.00250. The average molecular weight is 250 g/mol. The second kappa shape index (κ2) is 5.56. The summed E-state index contributed by atoms with van der Waals surface area (Å²) in [7, 11) is 0. The van der Waals surface area contributed by atoms with E-state index in [0.717, 1.165) is 10.5 Å². The molecule has 4 heteroatoms. The summed E-state index contributed by atoms with van der Waals surface area (Å²) in [5.74, 6) is 0.586. The maximum absolute atomic E-state index is 12.1. The smallest absolute Gasteiger partial charge is 0.252 e. The molecular weight excluding hydrogens is 232 g/mol. The Kier molecular flexibility index (Phi) is 4.07. The molecule has 92 valence electrons. The highest BCUT2D eigenvalue weighted by atomic mass is 32.2. The van der Waals surface area contributed by atoms with Crippen LogP contribution in [0.2, 0.25) is 0 Å². The van der Waals surface area contributed by atoms with Crippen LogP contribution in [0.25, 0.3) is 0 Å². The molecule has 1 unspecified atom stereocenters. The Bertz CT molecular complexity index is 404. The number of carbonyl (C=O) groups excluding carboxylic acids is 1. The molecule has 1 aliphatic rings. The molecule has 17 heavy (non-hydrogen) atoms. The van der Waals surface area contributed by atoms with Crippen LogP contribution < -0.4 is 11.1 Å². The highest BCUT2D eigenvalue weighted by molar-refractivity contribution is 7.98. The molecule has 0 radical (unpaired) electrons. The van der Waals surface area contributed by atoms with E-state index in [1.165, 1.54) is 12.8 Å². The zero-order chi connectivity index (χ0) is 12.3. The van der Waals surface area contributed by atoms with Gasteiger partial charge in [-0.15, -0.1) is 11.8 Å². The quantitative estimate of drug-likeness (QED) is 0.784. The molecule has 0 aliphatic heterocycles. The largest absolute Gasteiger partial charge is 0.348 e. The van der Waals surface area contributed by atoms with Gasteiger partial charge in [-0.25, -0.2) is 0 Å². The monoisotopic (exact) mass is 250 g/mol. The van der Waals surface area contributed by atoms with Gasteiger partial charge in [0.2, 0.25) is 0 Å². The van der Waals surface area contributed by atoms with Crippen LogP contribution in [-0.2, 0) is 0 Å². The number of rotatable bonds is 5. The van der Waals surface area contributed by atoms with Crippen molar-refractivity contribution in [3.05, 3.63) is 29.8 Å². The molecule has 2 rings (SSSR count). The van der Waals surface area contributed by atoms with Crippen LogP contribution in [0.1, 0.15) is 23.2 Å². The fourth-order valence-corrected chi connectivity index (χ4v) is 2.54. The molecule has 1 fully saturated rings. The number of thioether (sulfide) groups is 1. The van der Waals surface area contributed by atoms with Crippen molar-refractivity contribution in [2.75, 3.05) is 12.8 Å². The van der Waals surface area contributed by atoms with Crippen LogP contribution in [-0.4, -0.2) is 24.7 Å². The van der Waals surface area contributed by atoms with Crippen LogP contribution in [0, 0.1) is 5.92 Å². The van der Waals surface area contributed by atoms with Gasteiger partial charge < -0.3 is 11.1 Å². The maximum atomic E-state index is 12.1. The Hall–Kier alpha value is -1.00. The first-order chi connectivity index (χ1) is 8.26. The summed E-state index contributed by atoms with van der Waals surface area (Å²) in [6, 6.07) is 7.81. The molecule has 1 saturated carbocycles. The molecule has 0 aromatic heterocycles. The maximum Gasteiger partial charge on any atom is 0.252 e. The third kappa shape index (κ3) is 3.01. The zero-order valence-electron chi connectivity index (χ0n) is 9.98. The van der Waals surface area contributed by atoms with Gasteiger partial charge in [0.1, 0.15) is 0 Å². The number of benzene rings is 1. The first-order valence-corrected chi connectivity index (χ1v) is 7.12. The van der Waals surface area contributed by atoms with Gasteiger partial charge in [-0.3, -0.25) is 4.79 Å². The lowest BCUT2D eigenvalue weighted by molar-refractivity contribution is 0.0930. The topological polar surface area (TPSA) is 55.1 Å². The highest BCUT2D eigenvalue weighted by Crippen LogP contribution is 2.32. The summed E-state index contributed by atoms with van der Waals surface area (Å²) in [6.45, 7) is 0.526. The van der Waals surface area contributed by atoms with Gasteiger partial charge in [0.05, 0.1) is 5.56 Å². The molecule has 0 heterocycles. The SMILES string of the molecule is CSc1ccccc1C(=O)NC(CN)C1CC1. The molecule has 0 bridgehead atoms. The Balaban J connectivity index is 2.07. The van der Waals surface area contributed by atoms with Crippen molar-refractivity contribution in [2.45, 2.75) is 23.8 Å². The summed E-state index contributed by atoms with van der Waals surface area (Å²) >= 11 is 1.59. The van der Waals surface area contributed by atoms with E-state index in [4.69, 9.17) is 5.73 Å². The van der Waals surface area contributed by atoms with Crippen molar-refractivity contribution < 1.29 is 4.79 Å². The van der Waals surface area contributed by atoms with Gasteiger partial charge >= 0.3 is 0 Å². The lowest BCUT2D eigenvalue weighted by Crippen LogP contribution is -2.41. The predicted octanol–water partition coefficient (Wildman–Crippen LogP) is 1.88. The van der Waals surface area contributed by atoms with Crippen molar-refractivity contribution >= 4 is 17.7 Å². The number of hydrogen-bond donors (Lipinski definition) is 2. The van der Waals surface area contributed by atoms with Crippen LogP contribution in [0.5, 0.6) is 0 Å². The third-order valence-corrected chi connectivity index (χ3v) is 3.91. The number of hydrogen-bond acceptors (Lipinski definition) is 3. The highest BCUT2D eigenvalue weighted by Gasteiger charge is 2.31. The van der Waals surface area contributed by atoms with Gasteiger partial charge in [-0.2, -0.15) is 0 Å². The minimum atomic E-state index is -0.00250. The fourth-order valence-electron chi connectivity index (χ4n) is 1.95. The van der Waals surface area contributed by atoms with Crippen LogP contribution in [0.3, 0.4) is 0 Å². The van der Waals surface area contributed by atoms with E-state index in [9.17, 15) is 4.79 Å². The number of nitrogens with two attached hydrogens (primary N) is 1. The second-order valence-electron chi connectivity index (χ2n) is 4.35. The van der Waals surface area contributed by atoms with Crippen LogP contribution >= 0.6 is 11.8 Å². The summed E-state index contributed by atoms with van der Waals surface area (Å²) in [4.78, 5) is 13.2. The van der Waals surface area contributed by atoms with Crippen molar-refractivity contribution in [1.29, 1.82) is 0 Å². The van der Waals surface area contributed by atoms with Gasteiger partial charge in [-0.1, -0.05) is 12.1 Å². The summed E-state index contributed by atoms with van der Waals surface area (Å²) in [5, 5.41) is 3.04. The van der Waals surface area contributed by atoms with Gasteiger partial charge in [0, 0.05) is 17.5 Å². The molecule has 1 aromatic rings. The van der Waals surface area contributed by atoms with E-state index in [2.05, 4.69) is 5.32 Å². The molecule has 3 nitrogen and oxygen atoms in total. The van der Waals surface area contributed by atoms with E-state index in [-0.39, 0.29) is 11.9 Å². The second-order valence-corrected chi connectivity index (χ2v) is 5.20. The number of nitrogens with one attached hydrogen (secondary N) is 1. The van der Waals surface area contributed by atoms with Crippen molar-refractivity contribution in [3.63, 3.8) is 0 Å². The summed E-state index contributed by atoms with van der Waals surface area (Å²) < 4.78 is 0. The Morgan fingerprint density at radius 1 is 1.53 bits per heavy atom. The zero-order valence-corrected chi connectivity index (χ0v) is 10.8. The van der Waals surface area contributed by atoms with E-state index < -0.39 is 0 Å². The van der Waals surface area contributed by atoms with E-state index in [1.807, 2.05) is 30.5 Å². The van der Waals surface area contributed by atoms with Crippen molar-refractivity contribution in [3.8, 4) is 0 Å². The average Bonchev–Trinajstić information content (AvgIpc) is 3.19. The summed E-state index contributed by atoms with van der Waals surface area (Å²) in [5.41, 5.74) is 6.44. The van der Waals surface area contributed by atoms with Crippen LogP contribution in [0.15, 0.2) is 29.2 Å². The van der Waals surface area contributed by atoms with E-state index >= 15 is 0 Å². The molecule has 0 spiro atoms. The molecule has 1 aromatic carbocycles. The first-order valence-electron chi connectivity index (χ1n) is 5.90. The molecular formula is C13H18N2OS. The molecule has 0 saturated heterocycles. The van der Waals surface area contributed by atoms with Gasteiger partial charge in [0.15, 0.2) is 0 Å². The summed E-state index contributed by atoms with van der Waals surface area (Å²) in [6.07, 6.45) is 4.35. The van der Waals surface area contributed by atoms with Crippen LogP contribution in [0.4, 0.5) is 0 Å². The lowest BCUT2D eigenvalue weighted by Gasteiger charge is -2.17. The van der Waals surface area contributed by atoms with Crippen molar-refractivity contribution in [1.82, 2.24) is 5.32 Å². The Morgan fingerprint density at radius 2 is 2.24 bits per heavy atom. The number of carbonyl (C=O) groups is 1. The molecule has 1 amide bonds. The lowest BCUT2D eigenvalue weighted by atomic mass is 10.1. The fraction of sp³-hybridized carbons (Fsp3) is 0.462. The normalized spacial score (nSPS) is 16.6. The Morgan fingerprint density at radius 3 is 2.82 bits per heavy atom. The third-order valence-electron chi connectivity index (χ3n) is 3.11. The van der Waals surface area contributed by atoms with Gasteiger partial charge in [0.25, 0.3) is 5.91 Å². The molecule has 3 N–H and O–H groups in total. The predicted molar refractivity (Wildman–Crippen MR) is 71.3 cm³/mol. The molecule has 1 atom stereocenters.